The molecule has 9 N–H and O–H groups in total. The van der Waals surface area contributed by atoms with E-state index >= 15 is 0 Å². The summed E-state index contributed by atoms with van der Waals surface area (Å²) in [6.07, 6.45) is -4.54. The number of amides is 5. The second-order valence-corrected chi connectivity index (χ2v) is 10.8. The van der Waals surface area contributed by atoms with Crippen molar-refractivity contribution in [1.29, 1.82) is 0 Å². The Kier molecular flexibility index (Phi) is 14.3. The van der Waals surface area contributed by atoms with Gasteiger partial charge in [0.25, 0.3) is 12.2 Å². The Bertz CT molecular complexity index is 1040. The van der Waals surface area contributed by atoms with Gasteiger partial charge in [0.15, 0.2) is 0 Å². The fraction of sp³-hybridized carbons (Fsp3) is 0.769. The number of nitrogens with one attached hydrogen (secondary N) is 2. The van der Waals surface area contributed by atoms with Gasteiger partial charge in [0, 0.05) is 13.1 Å². The average molecular weight is 633 g/mol. The quantitative estimate of drug-likeness (QED) is 0.0453. The summed E-state index contributed by atoms with van der Waals surface area (Å²) in [7, 11) is 0. The molecule has 0 bridgehead atoms. The summed E-state index contributed by atoms with van der Waals surface area (Å²) >= 11 is 0. The molecule has 2 aliphatic rings. The van der Waals surface area contributed by atoms with Crippen molar-refractivity contribution in [2.75, 3.05) is 26.3 Å². The van der Waals surface area contributed by atoms with Gasteiger partial charge < -0.3 is 61.3 Å². The molecule has 0 aromatic rings. The summed E-state index contributed by atoms with van der Waals surface area (Å²) in [5.74, 6) is -3.49. The molecule has 5 amide bonds. The molecule has 2 fully saturated rings. The number of hydrogen-bond acceptors (Lipinski definition) is 13. The van der Waals surface area contributed by atoms with Crippen molar-refractivity contribution < 1.29 is 59.1 Å². The minimum atomic E-state index is -1.63. The molecule has 18 heteroatoms. The zero-order valence-corrected chi connectivity index (χ0v) is 24.9. The highest BCUT2D eigenvalue weighted by Crippen LogP contribution is 2.21. The highest BCUT2D eigenvalue weighted by molar-refractivity contribution is 6.26. The Morgan fingerprint density at radius 2 is 1.48 bits per heavy atom. The van der Waals surface area contributed by atoms with Gasteiger partial charge in [-0.05, 0) is 46.5 Å². The molecule has 250 valence electrons. The maximum Gasteiger partial charge on any atom is 0.269 e. The topological polar surface area (TPSA) is 274 Å². The van der Waals surface area contributed by atoms with Crippen LogP contribution in [0.5, 0.6) is 0 Å². The van der Waals surface area contributed by atoms with Gasteiger partial charge in [0.05, 0.1) is 25.4 Å². The third-order valence-electron chi connectivity index (χ3n) is 7.35. The molecular weight excluding hydrogens is 588 g/mol. The lowest BCUT2D eigenvalue weighted by atomic mass is 10.1. The van der Waals surface area contributed by atoms with E-state index in [1.54, 1.807) is 0 Å². The number of rotatable bonds is 16. The molecule has 2 rings (SSSR count). The Labute approximate surface area is 254 Å². The Balaban J connectivity index is 2.00. The van der Waals surface area contributed by atoms with Crippen molar-refractivity contribution in [3.05, 3.63) is 0 Å². The van der Waals surface area contributed by atoms with Gasteiger partial charge in [-0.25, -0.2) is 0 Å². The number of primary amides is 1. The van der Waals surface area contributed by atoms with Crippen molar-refractivity contribution in [1.82, 2.24) is 20.4 Å². The maximum absolute atomic E-state index is 13.2. The van der Waals surface area contributed by atoms with Gasteiger partial charge in [0.1, 0.15) is 42.6 Å². The molecule has 0 spiro atoms. The maximum atomic E-state index is 13.2. The standard InChI is InChI=1S/C26H44N6O12/c1-13(25(42)32-9-5-7-17(32)24(41)30-21(15(3)36)22(27)39)29-23(40)16-6-4-8-31(16)20(38)10-28-44-26(18(37)11-33)43-19(12-34)14(2)35/h10,13-19,21,26,33-37H,4-9,11-12H2,1-3H3,(H2,27,39)(H,29,40)(H,30,41)/b28-10+/t13-,14+,15?,16-,17-,18-,19?,21-,26-/m0/s1. The van der Waals surface area contributed by atoms with Crippen LogP contribution in [0.3, 0.4) is 0 Å². The molecule has 0 aromatic heterocycles. The number of carbonyl (C=O) groups is 5. The molecule has 18 nitrogen and oxygen atoms in total. The first-order chi connectivity index (χ1) is 20.7. The zero-order chi connectivity index (χ0) is 33.1. The van der Waals surface area contributed by atoms with Gasteiger partial charge in [-0.15, -0.1) is 0 Å². The van der Waals surface area contributed by atoms with Crippen molar-refractivity contribution in [2.45, 2.75) is 101 Å². The van der Waals surface area contributed by atoms with Crippen molar-refractivity contribution >= 4 is 35.8 Å². The molecule has 0 aromatic carbocycles. The van der Waals surface area contributed by atoms with E-state index in [2.05, 4.69) is 15.8 Å². The number of aliphatic hydroxyl groups excluding tert-OH is 5. The minimum Gasteiger partial charge on any atom is -0.394 e. The summed E-state index contributed by atoms with van der Waals surface area (Å²) in [6, 6.07) is -4.29. The van der Waals surface area contributed by atoms with Crippen LogP contribution in [0.4, 0.5) is 0 Å². The number of carbonyl (C=O) groups excluding carboxylic acids is 5. The first-order valence-electron chi connectivity index (χ1n) is 14.3. The first-order valence-corrected chi connectivity index (χ1v) is 14.3. The number of nitrogens with zero attached hydrogens (tertiary/aromatic N) is 3. The lowest BCUT2D eigenvalue weighted by molar-refractivity contribution is -0.240. The van der Waals surface area contributed by atoms with E-state index in [9.17, 15) is 49.5 Å². The second-order valence-electron chi connectivity index (χ2n) is 10.8. The molecule has 2 heterocycles. The fourth-order valence-electron chi connectivity index (χ4n) is 4.87. The van der Waals surface area contributed by atoms with Crippen molar-refractivity contribution in [3.8, 4) is 0 Å². The van der Waals surface area contributed by atoms with Crippen LogP contribution in [0.25, 0.3) is 0 Å². The average Bonchev–Trinajstić information content (AvgIpc) is 3.66. The van der Waals surface area contributed by atoms with Crippen LogP contribution in [0.2, 0.25) is 0 Å². The molecule has 9 atom stereocenters. The smallest absolute Gasteiger partial charge is 0.269 e. The summed E-state index contributed by atoms with van der Waals surface area (Å²) in [6.45, 7) is 3.03. The molecular formula is C26H44N6O12. The van der Waals surface area contributed by atoms with Crippen LogP contribution in [-0.2, 0) is 33.5 Å². The van der Waals surface area contributed by atoms with Gasteiger partial charge in [-0.1, -0.05) is 5.16 Å². The summed E-state index contributed by atoms with van der Waals surface area (Å²) in [4.78, 5) is 70.9. The monoisotopic (exact) mass is 632 g/mol. The summed E-state index contributed by atoms with van der Waals surface area (Å²) < 4.78 is 5.22. The first kappa shape index (κ1) is 36.8. The van der Waals surface area contributed by atoms with E-state index in [-0.39, 0.29) is 19.5 Å². The summed E-state index contributed by atoms with van der Waals surface area (Å²) in [5.41, 5.74) is 5.24. The number of aliphatic hydroxyl groups is 5. The van der Waals surface area contributed by atoms with Crippen LogP contribution in [0.15, 0.2) is 5.16 Å². The third-order valence-corrected chi connectivity index (χ3v) is 7.35. The fourth-order valence-corrected chi connectivity index (χ4v) is 4.87. The SMILES string of the molecule is CC(O)[C@H](NC(=O)[C@@H]1CCCN1C(=O)[C@H](C)NC(=O)[C@@H]1CCCN1C(=O)/C=N/O[C@H](OC(CO)[C@@H](C)O)[C@@H](O)CO)C(N)=O. The molecule has 2 saturated heterocycles. The van der Waals surface area contributed by atoms with Crippen LogP contribution >= 0.6 is 0 Å². The van der Waals surface area contributed by atoms with Crippen LogP contribution < -0.4 is 16.4 Å². The van der Waals surface area contributed by atoms with Crippen LogP contribution in [0, 0.1) is 0 Å². The van der Waals surface area contributed by atoms with Crippen LogP contribution in [-0.4, -0.2) is 152 Å². The molecule has 0 aliphatic carbocycles. The number of nitrogens with two attached hydrogens (primary N) is 1. The largest absolute Gasteiger partial charge is 0.394 e. The number of ether oxygens (including phenoxy) is 1. The molecule has 0 radical (unpaired) electrons. The number of oxime groups is 1. The summed E-state index contributed by atoms with van der Waals surface area (Å²) in [5, 5.41) is 56.2. The molecule has 2 aliphatic heterocycles. The van der Waals surface area contributed by atoms with E-state index in [0.717, 1.165) is 6.21 Å². The van der Waals surface area contributed by atoms with Gasteiger partial charge in [-0.2, -0.15) is 0 Å². The van der Waals surface area contributed by atoms with Gasteiger partial charge in [-0.3, -0.25) is 24.0 Å². The normalized spacial score (nSPS) is 23.4. The molecule has 44 heavy (non-hydrogen) atoms. The molecule has 0 saturated carbocycles. The Hall–Kier alpha value is -3.42. The van der Waals surface area contributed by atoms with Gasteiger partial charge in [0.2, 0.25) is 23.6 Å². The number of hydrogen-bond donors (Lipinski definition) is 8. The Morgan fingerprint density at radius 1 is 0.909 bits per heavy atom. The predicted molar refractivity (Wildman–Crippen MR) is 150 cm³/mol. The van der Waals surface area contributed by atoms with Gasteiger partial charge >= 0.3 is 0 Å². The van der Waals surface area contributed by atoms with Crippen molar-refractivity contribution in [3.63, 3.8) is 0 Å². The van der Waals surface area contributed by atoms with E-state index in [0.29, 0.717) is 19.3 Å². The lowest BCUT2D eigenvalue weighted by Gasteiger charge is -2.30. The van der Waals surface area contributed by atoms with E-state index in [1.165, 1.54) is 30.6 Å². The second kappa shape index (κ2) is 17.2. The van der Waals surface area contributed by atoms with Crippen LogP contribution in [0.1, 0.15) is 46.5 Å². The highest BCUT2D eigenvalue weighted by atomic mass is 16.8. The van der Waals surface area contributed by atoms with Crippen molar-refractivity contribution in [2.24, 2.45) is 10.9 Å². The third kappa shape index (κ3) is 9.80. The molecule has 2 unspecified atom stereocenters. The van der Waals surface area contributed by atoms with E-state index in [4.69, 9.17) is 15.3 Å². The van der Waals surface area contributed by atoms with E-state index in [1.807, 2.05) is 0 Å². The predicted octanol–water partition coefficient (Wildman–Crippen LogP) is -4.74. The highest BCUT2D eigenvalue weighted by Gasteiger charge is 2.40. The van der Waals surface area contributed by atoms with E-state index < -0.39 is 97.6 Å². The lowest BCUT2D eigenvalue weighted by Crippen LogP contribution is -2.58. The number of likely N-dealkylation sites (tertiary alicyclic amines) is 2. The Morgan fingerprint density at radius 3 is 2.00 bits per heavy atom. The zero-order valence-electron chi connectivity index (χ0n) is 24.9. The minimum absolute atomic E-state index is 0.192.